The SMILES string of the molecule is CC1CCCC1Nc1ccc([N+](=O)[O-])cc1C(=O)O. The molecule has 1 saturated carbocycles. The third kappa shape index (κ3) is 2.83. The van der Waals surface area contributed by atoms with E-state index in [0.717, 1.165) is 25.3 Å². The quantitative estimate of drug-likeness (QED) is 0.644. The number of anilines is 1. The summed E-state index contributed by atoms with van der Waals surface area (Å²) in [5, 5.41) is 23.0. The fraction of sp³-hybridized carbons (Fsp3) is 0.462. The van der Waals surface area contributed by atoms with Gasteiger partial charge < -0.3 is 10.4 Å². The van der Waals surface area contributed by atoms with Gasteiger partial charge in [-0.15, -0.1) is 0 Å². The Kier molecular flexibility index (Phi) is 3.69. The van der Waals surface area contributed by atoms with Crippen LogP contribution in [0.5, 0.6) is 0 Å². The first-order valence-electron chi connectivity index (χ1n) is 6.27. The van der Waals surface area contributed by atoms with E-state index in [1.54, 1.807) is 0 Å². The Bertz CT molecular complexity index is 515. The van der Waals surface area contributed by atoms with Crippen molar-refractivity contribution in [1.82, 2.24) is 0 Å². The molecule has 6 heteroatoms. The van der Waals surface area contributed by atoms with Crippen molar-refractivity contribution >= 4 is 17.3 Å². The van der Waals surface area contributed by atoms with E-state index in [2.05, 4.69) is 12.2 Å². The minimum absolute atomic E-state index is 0.0479. The molecule has 0 amide bonds. The lowest BCUT2D eigenvalue weighted by atomic mass is 10.0. The number of nitro benzene ring substituents is 1. The number of carbonyl (C=O) groups is 1. The number of rotatable bonds is 4. The summed E-state index contributed by atoms with van der Waals surface area (Å²) in [4.78, 5) is 21.3. The van der Waals surface area contributed by atoms with Gasteiger partial charge in [0.1, 0.15) is 0 Å². The monoisotopic (exact) mass is 264 g/mol. The van der Waals surface area contributed by atoms with E-state index in [9.17, 15) is 14.9 Å². The molecule has 2 unspecified atom stereocenters. The molecule has 0 bridgehead atoms. The van der Waals surface area contributed by atoms with Crippen molar-refractivity contribution in [3.63, 3.8) is 0 Å². The second-order valence-corrected chi connectivity index (χ2v) is 4.95. The maximum absolute atomic E-state index is 11.2. The minimum atomic E-state index is -1.16. The van der Waals surface area contributed by atoms with Gasteiger partial charge in [-0.1, -0.05) is 13.3 Å². The molecule has 2 N–H and O–H groups in total. The third-order valence-corrected chi connectivity index (χ3v) is 3.65. The molecule has 0 spiro atoms. The molecule has 1 aliphatic carbocycles. The molecule has 6 nitrogen and oxygen atoms in total. The number of benzene rings is 1. The first-order chi connectivity index (χ1) is 8.99. The molecule has 1 aromatic carbocycles. The summed E-state index contributed by atoms with van der Waals surface area (Å²) in [7, 11) is 0. The number of carboxylic acids is 1. The number of carboxylic acid groups (broad SMARTS) is 1. The maximum Gasteiger partial charge on any atom is 0.338 e. The highest BCUT2D eigenvalue weighted by Gasteiger charge is 2.25. The van der Waals surface area contributed by atoms with Gasteiger partial charge in [0.05, 0.1) is 10.5 Å². The van der Waals surface area contributed by atoms with E-state index < -0.39 is 10.9 Å². The smallest absolute Gasteiger partial charge is 0.338 e. The highest BCUT2D eigenvalue weighted by Crippen LogP contribution is 2.30. The molecule has 2 rings (SSSR count). The molecule has 1 fully saturated rings. The lowest BCUT2D eigenvalue weighted by molar-refractivity contribution is -0.384. The first kappa shape index (κ1) is 13.3. The number of non-ortho nitro benzene ring substituents is 1. The predicted molar refractivity (Wildman–Crippen MR) is 70.5 cm³/mol. The van der Waals surface area contributed by atoms with Gasteiger partial charge in [0.2, 0.25) is 0 Å². The molecule has 1 aromatic rings. The van der Waals surface area contributed by atoms with Crippen molar-refractivity contribution in [2.75, 3.05) is 5.32 Å². The maximum atomic E-state index is 11.2. The second kappa shape index (κ2) is 5.26. The first-order valence-corrected chi connectivity index (χ1v) is 6.27. The number of nitro groups is 1. The normalized spacial score (nSPS) is 22.2. The van der Waals surface area contributed by atoms with E-state index in [4.69, 9.17) is 5.11 Å². The molecule has 0 aromatic heterocycles. The zero-order valence-electron chi connectivity index (χ0n) is 10.6. The largest absolute Gasteiger partial charge is 0.478 e. The molecule has 0 aliphatic heterocycles. The van der Waals surface area contributed by atoms with Gasteiger partial charge in [-0.05, 0) is 24.8 Å². The van der Waals surface area contributed by atoms with Crippen molar-refractivity contribution in [2.24, 2.45) is 5.92 Å². The van der Waals surface area contributed by atoms with Gasteiger partial charge >= 0.3 is 5.97 Å². The molecule has 0 radical (unpaired) electrons. The van der Waals surface area contributed by atoms with Crippen LogP contribution in [0.15, 0.2) is 18.2 Å². The van der Waals surface area contributed by atoms with Crippen LogP contribution in [0.4, 0.5) is 11.4 Å². The van der Waals surface area contributed by atoms with E-state index in [0.29, 0.717) is 11.6 Å². The van der Waals surface area contributed by atoms with Crippen LogP contribution in [0, 0.1) is 16.0 Å². The standard InChI is InChI=1S/C13H16N2O4/c1-8-3-2-4-11(8)14-12-6-5-9(15(18)19)7-10(12)13(16)17/h5-8,11,14H,2-4H2,1H3,(H,16,17). The lowest BCUT2D eigenvalue weighted by Crippen LogP contribution is -2.23. The van der Waals surface area contributed by atoms with Crippen molar-refractivity contribution in [1.29, 1.82) is 0 Å². The van der Waals surface area contributed by atoms with Gasteiger partial charge in [0.15, 0.2) is 0 Å². The lowest BCUT2D eigenvalue weighted by Gasteiger charge is -2.19. The number of nitrogens with zero attached hydrogens (tertiary/aromatic N) is 1. The molecule has 2 atom stereocenters. The average molecular weight is 264 g/mol. The zero-order valence-corrected chi connectivity index (χ0v) is 10.6. The van der Waals surface area contributed by atoms with Crippen LogP contribution >= 0.6 is 0 Å². The van der Waals surface area contributed by atoms with Gasteiger partial charge in [-0.25, -0.2) is 4.79 Å². The Morgan fingerprint density at radius 2 is 2.21 bits per heavy atom. The molecule has 0 saturated heterocycles. The Balaban J connectivity index is 2.29. The summed E-state index contributed by atoms with van der Waals surface area (Å²) in [6.07, 6.45) is 3.23. The van der Waals surface area contributed by atoms with E-state index in [1.165, 1.54) is 12.1 Å². The molecular weight excluding hydrogens is 248 g/mol. The van der Waals surface area contributed by atoms with Gasteiger partial charge in [-0.3, -0.25) is 10.1 Å². The summed E-state index contributed by atoms with van der Waals surface area (Å²) < 4.78 is 0. The number of nitrogens with one attached hydrogen (secondary N) is 1. The zero-order chi connectivity index (χ0) is 14.0. The molecule has 1 aliphatic rings. The highest BCUT2D eigenvalue weighted by atomic mass is 16.6. The summed E-state index contributed by atoms with van der Waals surface area (Å²) in [6.45, 7) is 2.12. The highest BCUT2D eigenvalue weighted by molar-refractivity contribution is 5.95. The Morgan fingerprint density at radius 3 is 2.74 bits per heavy atom. The van der Waals surface area contributed by atoms with Crippen molar-refractivity contribution in [2.45, 2.75) is 32.2 Å². The number of hydrogen-bond donors (Lipinski definition) is 2. The fourth-order valence-corrected chi connectivity index (χ4v) is 2.51. The van der Waals surface area contributed by atoms with E-state index >= 15 is 0 Å². The summed E-state index contributed by atoms with van der Waals surface area (Å²) >= 11 is 0. The van der Waals surface area contributed by atoms with Crippen LogP contribution < -0.4 is 5.32 Å². The predicted octanol–water partition coefficient (Wildman–Crippen LogP) is 2.89. The van der Waals surface area contributed by atoms with Crippen molar-refractivity contribution < 1.29 is 14.8 Å². The third-order valence-electron chi connectivity index (χ3n) is 3.65. The average Bonchev–Trinajstić information content (AvgIpc) is 2.75. The van der Waals surface area contributed by atoms with Crippen LogP contribution in [0.2, 0.25) is 0 Å². The van der Waals surface area contributed by atoms with Gasteiger partial charge in [0.25, 0.3) is 5.69 Å². The summed E-state index contributed by atoms with van der Waals surface area (Å²) in [5.41, 5.74) is 0.201. The van der Waals surface area contributed by atoms with Crippen LogP contribution in [-0.2, 0) is 0 Å². The van der Waals surface area contributed by atoms with Crippen molar-refractivity contribution in [3.05, 3.63) is 33.9 Å². The summed E-state index contributed by atoms with van der Waals surface area (Å²) in [5.74, 6) is -0.673. The van der Waals surface area contributed by atoms with Crippen LogP contribution in [0.1, 0.15) is 36.5 Å². The van der Waals surface area contributed by atoms with Crippen LogP contribution in [0.25, 0.3) is 0 Å². The number of aromatic carboxylic acids is 1. The van der Waals surface area contributed by atoms with Crippen LogP contribution in [0.3, 0.4) is 0 Å². The van der Waals surface area contributed by atoms with Gasteiger partial charge in [0, 0.05) is 23.9 Å². The second-order valence-electron chi connectivity index (χ2n) is 4.95. The Morgan fingerprint density at radius 1 is 1.47 bits per heavy atom. The van der Waals surface area contributed by atoms with Gasteiger partial charge in [-0.2, -0.15) is 0 Å². The molecule has 19 heavy (non-hydrogen) atoms. The molecule has 102 valence electrons. The topological polar surface area (TPSA) is 92.5 Å². The van der Waals surface area contributed by atoms with Crippen molar-refractivity contribution in [3.8, 4) is 0 Å². The molecule has 0 heterocycles. The van der Waals surface area contributed by atoms with E-state index in [1.807, 2.05) is 0 Å². The minimum Gasteiger partial charge on any atom is -0.478 e. The fourth-order valence-electron chi connectivity index (χ4n) is 2.51. The number of hydrogen-bond acceptors (Lipinski definition) is 4. The Labute approximate surface area is 110 Å². The van der Waals surface area contributed by atoms with Crippen LogP contribution in [-0.4, -0.2) is 22.0 Å². The Hall–Kier alpha value is -2.11. The molecular formula is C13H16N2O4. The summed E-state index contributed by atoms with van der Waals surface area (Å²) in [6, 6.07) is 4.14. The van der Waals surface area contributed by atoms with E-state index in [-0.39, 0.29) is 17.3 Å².